The molecule has 1 saturated carbocycles. The maximum Gasteiger partial charge on any atom is 0.407 e. The second-order valence-corrected chi connectivity index (χ2v) is 4.68. The van der Waals surface area contributed by atoms with Crippen LogP contribution in [0.15, 0.2) is 0 Å². The number of nitrogens with one attached hydrogen (secondary N) is 1. The number of methoxy groups -OCH3 is 1. The van der Waals surface area contributed by atoms with Gasteiger partial charge in [-0.3, -0.25) is 4.90 Å². The standard InChI is InChI=1S/C11H20N2O3/c1-16-11(15)12-8-5-6-13(7-8)9-3-2-4-10(9)14/h8-10,14H,2-7H2,1H3,(H,12,15)/t8?,9-,10-/m1/s1. The highest BCUT2D eigenvalue weighted by molar-refractivity contribution is 5.67. The number of aliphatic hydroxyl groups excluding tert-OH is 1. The van der Waals surface area contributed by atoms with Crippen LogP contribution in [0, 0.1) is 0 Å². The molecule has 1 saturated heterocycles. The predicted molar refractivity (Wildman–Crippen MR) is 59.2 cm³/mol. The third-order valence-corrected chi connectivity index (χ3v) is 3.64. The van der Waals surface area contributed by atoms with Crippen LogP contribution >= 0.6 is 0 Å². The molecule has 16 heavy (non-hydrogen) atoms. The highest BCUT2D eigenvalue weighted by atomic mass is 16.5. The monoisotopic (exact) mass is 228 g/mol. The molecule has 2 rings (SSSR count). The minimum atomic E-state index is -0.362. The van der Waals surface area contributed by atoms with Gasteiger partial charge >= 0.3 is 6.09 Å². The summed E-state index contributed by atoms with van der Waals surface area (Å²) in [6, 6.07) is 0.463. The number of rotatable bonds is 2. The Kier molecular flexibility index (Phi) is 3.66. The molecule has 3 atom stereocenters. The van der Waals surface area contributed by atoms with Crippen LogP contribution in [0.1, 0.15) is 25.7 Å². The van der Waals surface area contributed by atoms with E-state index in [1.54, 1.807) is 0 Å². The van der Waals surface area contributed by atoms with Crippen molar-refractivity contribution in [2.24, 2.45) is 0 Å². The van der Waals surface area contributed by atoms with Crippen molar-refractivity contribution in [3.63, 3.8) is 0 Å². The number of carbonyl (C=O) groups is 1. The third-order valence-electron chi connectivity index (χ3n) is 3.64. The Morgan fingerprint density at radius 3 is 2.88 bits per heavy atom. The lowest BCUT2D eigenvalue weighted by molar-refractivity contribution is 0.0838. The number of likely N-dealkylation sites (tertiary alicyclic amines) is 1. The molecule has 1 unspecified atom stereocenters. The fraction of sp³-hybridized carbons (Fsp3) is 0.909. The van der Waals surface area contributed by atoms with Gasteiger partial charge in [0, 0.05) is 25.2 Å². The summed E-state index contributed by atoms with van der Waals surface area (Å²) in [6.07, 6.45) is 3.49. The van der Waals surface area contributed by atoms with Crippen molar-refractivity contribution in [2.45, 2.75) is 43.9 Å². The molecule has 0 aromatic heterocycles. The van der Waals surface area contributed by atoms with Gasteiger partial charge in [0.15, 0.2) is 0 Å². The lowest BCUT2D eigenvalue weighted by Gasteiger charge is -2.26. The molecule has 1 aliphatic heterocycles. The summed E-state index contributed by atoms with van der Waals surface area (Å²) in [5, 5.41) is 12.6. The van der Waals surface area contributed by atoms with Crippen molar-refractivity contribution in [2.75, 3.05) is 20.2 Å². The van der Waals surface area contributed by atoms with Crippen LogP contribution < -0.4 is 5.32 Å². The van der Waals surface area contributed by atoms with E-state index in [0.717, 1.165) is 38.8 Å². The minimum absolute atomic E-state index is 0.167. The molecule has 1 heterocycles. The average Bonchev–Trinajstić information content (AvgIpc) is 2.86. The summed E-state index contributed by atoms with van der Waals surface area (Å²) >= 11 is 0. The Bertz CT molecular complexity index is 260. The third kappa shape index (κ3) is 2.47. The first-order valence-electron chi connectivity index (χ1n) is 5.97. The molecule has 1 aliphatic carbocycles. The van der Waals surface area contributed by atoms with E-state index >= 15 is 0 Å². The maximum absolute atomic E-state index is 11.1. The highest BCUT2D eigenvalue weighted by Gasteiger charge is 2.35. The molecule has 1 amide bonds. The van der Waals surface area contributed by atoms with Gasteiger partial charge in [-0.2, -0.15) is 0 Å². The number of amides is 1. The van der Waals surface area contributed by atoms with Crippen LogP contribution in [0.4, 0.5) is 4.79 Å². The normalized spacial score (nSPS) is 35.2. The summed E-state index contributed by atoms with van der Waals surface area (Å²) in [5.41, 5.74) is 0. The first-order valence-corrected chi connectivity index (χ1v) is 5.97. The molecular weight excluding hydrogens is 208 g/mol. The molecule has 2 aliphatic rings. The molecule has 2 fully saturated rings. The zero-order chi connectivity index (χ0) is 11.5. The quantitative estimate of drug-likeness (QED) is 0.715. The van der Waals surface area contributed by atoms with Gasteiger partial charge in [-0.25, -0.2) is 4.79 Å². The van der Waals surface area contributed by atoms with Crippen LogP contribution in [0.25, 0.3) is 0 Å². The fourth-order valence-corrected chi connectivity index (χ4v) is 2.78. The van der Waals surface area contributed by atoms with E-state index in [1.165, 1.54) is 7.11 Å². The van der Waals surface area contributed by atoms with E-state index in [0.29, 0.717) is 6.04 Å². The molecule has 92 valence electrons. The smallest absolute Gasteiger partial charge is 0.407 e. The lowest BCUT2D eigenvalue weighted by Crippen LogP contribution is -2.42. The van der Waals surface area contributed by atoms with E-state index in [-0.39, 0.29) is 18.2 Å². The Labute approximate surface area is 95.8 Å². The van der Waals surface area contributed by atoms with E-state index in [2.05, 4.69) is 15.0 Å². The topological polar surface area (TPSA) is 61.8 Å². The molecule has 5 heteroatoms. The number of aliphatic hydroxyl groups is 1. The van der Waals surface area contributed by atoms with Crippen LogP contribution in [-0.2, 0) is 4.74 Å². The van der Waals surface area contributed by atoms with Gasteiger partial charge in [-0.15, -0.1) is 0 Å². The Morgan fingerprint density at radius 2 is 2.25 bits per heavy atom. The predicted octanol–water partition coefficient (Wildman–Crippen LogP) is 0.330. The van der Waals surface area contributed by atoms with E-state index in [9.17, 15) is 9.90 Å². The van der Waals surface area contributed by atoms with Gasteiger partial charge in [-0.1, -0.05) is 0 Å². The molecule has 0 aromatic rings. The van der Waals surface area contributed by atoms with Gasteiger partial charge in [0.2, 0.25) is 0 Å². The Balaban J connectivity index is 1.81. The maximum atomic E-state index is 11.1. The Morgan fingerprint density at radius 1 is 1.44 bits per heavy atom. The minimum Gasteiger partial charge on any atom is -0.453 e. The molecule has 0 bridgehead atoms. The first kappa shape index (κ1) is 11.7. The zero-order valence-corrected chi connectivity index (χ0v) is 9.69. The average molecular weight is 228 g/mol. The van der Waals surface area contributed by atoms with Crippen molar-refractivity contribution in [1.82, 2.24) is 10.2 Å². The van der Waals surface area contributed by atoms with Gasteiger partial charge in [-0.05, 0) is 25.7 Å². The summed E-state index contributed by atoms with van der Waals surface area (Å²) in [7, 11) is 1.38. The summed E-state index contributed by atoms with van der Waals surface area (Å²) in [5.74, 6) is 0. The lowest BCUT2D eigenvalue weighted by atomic mass is 10.2. The number of ether oxygens (including phenoxy) is 1. The molecule has 0 aromatic carbocycles. The van der Waals surface area contributed by atoms with Gasteiger partial charge < -0.3 is 15.2 Å². The molecular formula is C11H20N2O3. The number of hydrogen-bond acceptors (Lipinski definition) is 4. The van der Waals surface area contributed by atoms with Crippen LogP contribution in [0.2, 0.25) is 0 Å². The van der Waals surface area contributed by atoms with Crippen LogP contribution in [-0.4, -0.2) is 54.5 Å². The van der Waals surface area contributed by atoms with Crippen molar-refractivity contribution < 1.29 is 14.6 Å². The first-order chi connectivity index (χ1) is 7.70. The second-order valence-electron chi connectivity index (χ2n) is 4.68. The Hall–Kier alpha value is -0.810. The van der Waals surface area contributed by atoms with Crippen molar-refractivity contribution >= 4 is 6.09 Å². The zero-order valence-electron chi connectivity index (χ0n) is 9.69. The number of hydrogen-bond donors (Lipinski definition) is 2. The van der Waals surface area contributed by atoms with Crippen molar-refractivity contribution in [3.05, 3.63) is 0 Å². The molecule has 5 nitrogen and oxygen atoms in total. The van der Waals surface area contributed by atoms with Gasteiger partial charge in [0.05, 0.1) is 13.2 Å². The van der Waals surface area contributed by atoms with Crippen molar-refractivity contribution in [3.8, 4) is 0 Å². The van der Waals surface area contributed by atoms with E-state index in [1.807, 2.05) is 0 Å². The van der Waals surface area contributed by atoms with Gasteiger partial charge in [0.25, 0.3) is 0 Å². The largest absolute Gasteiger partial charge is 0.453 e. The molecule has 0 radical (unpaired) electrons. The van der Waals surface area contributed by atoms with Crippen LogP contribution in [0.5, 0.6) is 0 Å². The number of carbonyl (C=O) groups excluding carboxylic acids is 1. The molecule has 2 N–H and O–H groups in total. The van der Waals surface area contributed by atoms with E-state index in [4.69, 9.17) is 0 Å². The fourth-order valence-electron chi connectivity index (χ4n) is 2.78. The molecule has 0 spiro atoms. The van der Waals surface area contributed by atoms with Crippen LogP contribution in [0.3, 0.4) is 0 Å². The number of alkyl carbamates (subject to hydrolysis) is 1. The SMILES string of the molecule is COC(=O)NC1CCN([C@@H]2CCC[C@H]2O)C1. The summed E-state index contributed by atoms with van der Waals surface area (Å²) in [4.78, 5) is 13.3. The second kappa shape index (κ2) is 5.01. The summed E-state index contributed by atoms with van der Waals surface area (Å²) in [6.45, 7) is 1.78. The van der Waals surface area contributed by atoms with E-state index < -0.39 is 0 Å². The highest BCUT2D eigenvalue weighted by Crippen LogP contribution is 2.27. The number of nitrogens with zero attached hydrogens (tertiary/aromatic N) is 1. The van der Waals surface area contributed by atoms with Crippen molar-refractivity contribution in [1.29, 1.82) is 0 Å². The van der Waals surface area contributed by atoms with Gasteiger partial charge in [0.1, 0.15) is 0 Å². The summed E-state index contributed by atoms with van der Waals surface area (Å²) < 4.78 is 4.58.